The largest absolute Gasteiger partial charge is 0.357 e. The number of carbonyl (C=O) groups is 1. The molecule has 0 radical (unpaired) electrons. The van der Waals surface area contributed by atoms with Gasteiger partial charge in [0.1, 0.15) is 17.4 Å². The van der Waals surface area contributed by atoms with E-state index in [0.29, 0.717) is 5.82 Å². The average Bonchev–Trinajstić information content (AvgIpc) is 2.87. The van der Waals surface area contributed by atoms with Crippen LogP contribution in [0.15, 0.2) is 0 Å². The Labute approximate surface area is 116 Å². The zero-order valence-corrected chi connectivity index (χ0v) is 12.5. The van der Waals surface area contributed by atoms with E-state index in [1.165, 1.54) is 0 Å². The van der Waals surface area contributed by atoms with E-state index in [-0.39, 0.29) is 17.3 Å². The van der Waals surface area contributed by atoms with Gasteiger partial charge in [0.15, 0.2) is 5.65 Å². The second kappa shape index (κ2) is 4.85. The maximum atomic E-state index is 11.9. The quantitative estimate of drug-likeness (QED) is 0.872. The van der Waals surface area contributed by atoms with Gasteiger partial charge in [-0.15, -0.1) is 11.6 Å². The van der Waals surface area contributed by atoms with Crippen LogP contribution >= 0.6 is 11.6 Å². The molecule has 0 aliphatic heterocycles. The van der Waals surface area contributed by atoms with Gasteiger partial charge in [0.25, 0.3) is 0 Å². The van der Waals surface area contributed by atoms with Crippen LogP contribution in [-0.2, 0) is 11.8 Å². The molecule has 2 aromatic rings. The molecule has 0 saturated heterocycles. The van der Waals surface area contributed by atoms with E-state index < -0.39 is 0 Å². The molecule has 2 heterocycles. The molecule has 0 saturated carbocycles. The molecule has 0 aromatic carbocycles. The van der Waals surface area contributed by atoms with Crippen LogP contribution in [0.3, 0.4) is 0 Å². The van der Waals surface area contributed by atoms with Crippen LogP contribution in [0, 0.1) is 6.92 Å². The van der Waals surface area contributed by atoms with Crippen molar-refractivity contribution >= 4 is 28.7 Å². The number of halogens is 1. The Hall–Kier alpha value is -1.56. The first-order valence-corrected chi connectivity index (χ1v) is 6.59. The summed E-state index contributed by atoms with van der Waals surface area (Å²) in [7, 11) is 3.46. The Morgan fingerprint density at radius 3 is 2.58 bits per heavy atom. The van der Waals surface area contributed by atoms with Gasteiger partial charge in [-0.05, 0) is 20.8 Å². The summed E-state index contributed by atoms with van der Waals surface area (Å²) in [6.45, 7) is 5.57. The Morgan fingerprint density at radius 2 is 2.05 bits per heavy atom. The van der Waals surface area contributed by atoms with Crippen molar-refractivity contribution in [3.8, 4) is 0 Å². The molecule has 0 aliphatic rings. The molecule has 7 heteroatoms. The summed E-state index contributed by atoms with van der Waals surface area (Å²) in [6, 6.07) is -0.388. The van der Waals surface area contributed by atoms with Crippen LogP contribution in [0.2, 0.25) is 0 Å². The van der Waals surface area contributed by atoms with E-state index in [1.807, 2.05) is 32.4 Å². The van der Waals surface area contributed by atoms with Gasteiger partial charge < -0.3 is 5.32 Å². The molecule has 0 aliphatic carbocycles. The Morgan fingerprint density at radius 1 is 1.42 bits per heavy atom. The van der Waals surface area contributed by atoms with Gasteiger partial charge in [-0.2, -0.15) is 5.10 Å². The molecule has 1 N–H and O–H groups in total. The van der Waals surface area contributed by atoms with Crippen molar-refractivity contribution in [2.45, 2.75) is 32.2 Å². The summed E-state index contributed by atoms with van der Waals surface area (Å²) in [5.41, 5.74) is 2.44. The number of amides is 1. The van der Waals surface area contributed by atoms with Crippen LogP contribution in [0.25, 0.3) is 11.2 Å². The zero-order chi connectivity index (χ0) is 14.3. The Balaban J connectivity index is 2.74. The molecule has 2 atom stereocenters. The van der Waals surface area contributed by atoms with Crippen LogP contribution in [-0.4, -0.2) is 32.3 Å². The fraction of sp³-hybridized carbons (Fsp3) is 0.583. The van der Waals surface area contributed by atoms with E-state index in [0.717, 1.165) is 16.9 Å². The van der Waals surface area contributed by atoms with Crippen LogP contribution in [0.1, 0.15) is 36.8 Å². The maximum absolute atomic E-state index is 11.9. The van der Waals surface area contributed by atoms with Crippen LogP contribution in [0.4, 0.5) is 0 Å². The van der Waals surface area contributed by atoms with Gasteiger partial charge in [0, 0.05) is 14.1 Å². The van der Waals surface area contributed by atoms with Gasteiger partial charge in [-0.1, -0.05) is 0 Å². The third kappa shape index (κ3) is 2.10. The highest BCUT2D eigenvalue weighted by Gasteiger charge is 2.26. The van der Waals surface area contributed by atoms with E-state index in [4.69, 9.17) is 11.6 Å². The lowest BCUT2D eigenvalue weighted by Gasteiger charge is -2.17. The number of rotatable bonds is 3. The minimum Gasteiger partial charge on any atom is -0.357 e. The number of aromatic nitrogens is 4. The molecule has 104 valence electrons. The lowest BCUT2D eigenvalue weighted by molar-refractivity contribution is -0.123. The van der Waals surface area contributed by atoms with Crippen molar-refractivity contribution in [1.29, 1.82) is 0 Å². The molecule has 2 aromatic heterocycles. The number of fused-ring (bicyclic) bond motifs is 1. The second-order valence-corrected chi connectivity index (χ2v) is 5.28. The molecule has 1 amide bonds. The predicted octanol–water partition coefficient (Wildman–Crippen LogP) is 1.69. The fourth-order valence-electron chi connectivity index (χ4n) is 2.30. The SMILES string of the molecule is CNC(=O)C(C)n1c(C(C)Cl)nc2c(C)nn(C)c21. The minimum absolute atomic E-state index is 0.0864. The number of likely N-dealkylation sites (N-methyl/N-ethyl adjacent to an activating group) is 1. The second-order valence-electron chi connectivity index (χ2n) is 4.63. The third-order valence-corrected chi connectivity index (χ3v) is 3.43. The van der Waals surface area contributed by atoms with Crippen molar-refractivity contribution in [2.24, 2.45) is 7.05 Å². The summed E-state index contributed by atoms with van der Waals surface area (Å²) in [6.07, 6.45) is 0. The Bertz CT molecular complexity index is 628. The molecule has 2 unspecified atom stereocenters. The summed E-state index contributed by atoms with van der Waals surface area (Å²) in [5.74, 6) is 0.598. The van der Waals surface area contributed by atoms with Crippen molar-refractivity contribution < 1.29 is 4.79 Å². The number of carbonyl (C=O) groups excluding carboxylic acids is 1. The smallest absolute Gasteiger partial charge is 0.242 e. The highest BCUT2D eigenvalue weighted by molar-refractivity contribution is 6.20. The minimum atomic E-state index is -0.388. The first kappa shape index (κ1) is 13.9. The van der Waals surface area contributed by atoms with E-state index in [2.05, 4.69) is 15.4 Å². The number of aryl methyl sites for hydroxylation is 2. The van der Waals surface area contributed by atoms with Gasteiger partial charge in [-0.25, -0.2) is 4.98 Å². The van der Waals surface area contributed by atoms with Crippen molar-refractivity contribution in [1.82, 2.24) is 24.6 Å². The monoisotopic (exact) mass is 283 g/mol. The molecule has 0 bridgehead atoms. The summed E-state index contributed by atoms with van der Waals surface area (Å²) in [4.78, 5) is 16.5. The number of imidazole rings is 1. The highest BCUT2D eigenvalue weighted by atomic mass is 35.5. The summed E-state index contributed by atoms with van der Waals surface area (Å²) < 4.78 is 3.59. The number of nitrogens with one attached hydrogen (secondary N) is 1. The number of hydrogen-bond donors (Lipinski definition) is 1. The number of alkyl halides is 1. The lowest BCUT2D eigenvalue weighted by Crippen LogP contribution is -2.29. The van der Waals surface area contributed by atoms with Gasteiger partial charge in [-0.3, -0.25) is 14.0 Å². The molecule has 0 fully saturated rings. The van der Waals surface area contributed by atoms with Gasteiger partial charge in [0.2, 0.25) is 5.91 Å². The zero-order valence-electron chi connectivity index (χ0n) is 11.7. The van der Waals surface area contributed by atoms with Crippen molar-refractivity contribution in [2.75, 3.05) is 7.05 Å². The standard InChI is InChI=1S/C12H18ClN5O/c1-6(13)10-15-9-7(2)16-17(5)12(9)18(10)8(3)11(19)14-4/h6,8H,1-5H3,(H,14,19). The highest BCUT2D eigenvalue weighted by Crippen LogP contribution is 2.29. The van der Waals surface area contributed by atoms with E-state index in [1.54, 1.807) is 11.7 Å². The third-order valence-electron chi connectivity index (χ3n) is 3.23. The van der Waals surface area contributed by atoms with Crippen LogP contribution in [0.5, 0.6) is 0 Å². The summed E-state index contributed by atoms with van der Waals surface area (Å²) >= 11 is 6.19. The summed E-state index contributed by atoms with van der Waals surface area (Å²) in [5, 5.41) is 6.71. The van der Waals surface area contributed by atoms with E-state index >= 15 is 0 Å². The first-order valence-electron chi connectivity index (χ1n) is 6.15. The molecule has 2 rings (SSSR count). The molecular formula is C12H18ClN5O. The topological polar surface area (TPSA) is 64.7 Å². The van der Waals surface area contributed by atoms with Gasteiger partial charge in [0.05, 0.1) is 11.1 Å². The normalized spacial score (nSPS) is 14.6. The molecule has 19 heavy (non-hydrogen) atoms. The number of nitrogens with zero attached hydrogens (tertiary/aromatic N) is 4. The molecular weight excluding hydrogens is 266 g/mol. The predicted molar refractivity (Wildman–Crippen MR) is 74.3 cm³/mol. The first-order chi connectivity index (χ1) is 8.88. The van der Waals surface area contributed by atoms with Crippen LogP contribution < -0.4 is 5.32 Å². The van der Waals surface area contributed by atoms with Crippen molar-refractivity contribution in [3.05, 3.63) is 11.5 Å². The number of hydrogen-bond acceptors (Lipinski definition) is 3. The van der Waals surface area contributed by atoms with Crippen molar-refractivity contribution in [3.63, 3.8) is 0 Å². The maximum Gasteiger partial charge on any atom is 0.242 e. The molecule has 6 nitrogen and oxygen atoms in total. The fourth-order valence-corrected chi connectivity index (χ4v) is 2.46. The Kier molecular flexibility index (Phi) is 3.54. The van der Waals surface area contributed by atoms with Gasteiger partial charge >= 0.3 is 0 Å². The average molecular weight is 284 g/mol. The molecule has 0 spiro atoms. The lowest BCUT2D eigenvalue weighted by atomic mass is 10.3. The van der Waals surface area contributed by atoms with E-state index in [9.17, 15) is 4.79 Å².